The van der Waals surface area contributed by atoms with Crippen LogP contribution in [0, 0.1) is 6.92 Å². The molecule has 0 amide bonds. The number of aryl methyl sites for hydroxylation is 1. The van der Waals surface area contributed by atoms with Crippen LogP contribution in [0.25, 0.3) is 0 Å². The highest BCUT2D eigenvalue weighted by Gasteiger charge is 2.40. The van der Waals surface area contributed by atoms with Crippen LogP contribution in [0.3, 0.4) is 0 Å². The molecule has 27 heavy (non-hydrogen) atoms. The minimum Gasteiger partial charge on any atom is -0.464 e. The van der Waals surface area contributed by atoms with Crippen LogP contribution >= 0.6 is 11.6 Å². The molecule has 0 spiro atoms. The number of benzene rings is 3. The fourth-order valence-electron chi connectivity index (χ4n) is 3.80. The van der Waals surface area contributed by atoms with Crippen molar-refractivity contribution in [3.63, 3.8) is 0 Å². The van der Waals surface area contributed by atoms with E-state index in [1.807, 2.05) is 36.4 Å². The molecule has 0 radical (unpaired) electrons. The first-order valence-electron chi connectivity index (χ1n) is 9.13. The number of nitrogens with zero attached hydrogens (tertiary/aromatic N) is 2. The number of para-hydroxylation sites is 1. The van der Waals surface area contributed by atoms with Crippen LogP contribution in [0.5, 0.6) is 5.75 Å². The van der Waals surface area contributed by atoms with Crippen LogP contribution in [0.2, 0.25) is 5.02 Å². The average molecular weight is 375 g/mol. The Morgan fingerprint density at radius 2 is 1.70 bits per heavy atom. The lowest BCUT2D eigenvalue weighted by molar-refractivity contribution is -0.0190. The topological polar surface area (TPSA) is 24.8 Å². The van der Waals surface area contributed by atoms with Gasteiger partial charge in [-0.05, 0) is 30.7 Å². The minimum absolute atomic E-state index is 0.173. The van der Waals surface area contributed by atoms with Crippen molar-refractivity contribution >= 4 is 17.3 Å². The maximum Gasteiger partial charge on any atom is 0.213 e. The molecule has 0 unspecified atom stereocenters. The third kappa shape index (κ3) is 2.88. The van der Waals surface area contributed by atoms with Crippen molar-refractivity contribution in [2.75, 3.05) is 0 Å². The van der Waals surface area contributed by atoms with E-state index in [0.29, 0.717) is 0 Å². The third-order valence-corrected chi connectivity index (χ3v) is 5.49. The number of rotatable bonds is 2. The highest BCUT2D eigenvalue weighted by Crippen LogP contribution is 2.47. The fourth-order valence-corrected chi connectivity index (χ4v) is 3.93. The monoisotopic (exact) mass is 374 g/mol. The molecule has 0 fully saturated rings. The lowest BCUT2D eigenvalue weighted by Gasteiger charge is -2.38. The van der Waals surface area contributed by atoms with Gasteiger partial charge in [0.1, 0.15) is 5.75 Å². The predicted octanol–water partition coefficient (Wildman–Crippen LogP) is 5.89. The number of ether oxygens (including phenoxy) is 1. The smallest absolute Gasteiger partial charge is 0.213 e. The van der Waals surface area contributed by atoms with E-state index < -0.39 is 0 Å². The first-order valence-corrected chi connectivity index (χ1v) is 9.51. The van der Waals surface area contributed by atoms with Gasteiger partial charge in [0.15, 0.2) is 0 Å². The van der Waals surface area contributed by atoms with E-state index in [0.717, 1.165) is 34.0 Å². The fraction of sp³-hybridized carbons (Fsp3) is 0.174. The van der Waals surface area contributed by atoms with Gasteiger partial charge >= 0.3 is 0 Å². The normalized spacial score (nSPS) is 20.5. The maximum atomic E-state index is 6.37. The molecule has 2 atom stereocenters. The van der Waals surface area contributed by atoms with E-state index in [1.54, 1.807) is 0 Å². The molecule has 0 aliphatic carbocycles. The van der Waals surface area contributed by atoms with Crippen LogP contribution in [0.1, 0.15) is 40.9 Å². The predicted molar refractivity (Wildman–Crippen MR) is 108 cm³/mol. The Morgan fingerprint density at radius 1 is 0.963 bits per heavy atom. The summed E-state index contributed by atoms with van der Waals surface area (Å²) in [5.74, 6) is 0.942. The molecular formula is C23H19ClN2O. The van der Waals surface area contributed by atoms with Gasteiger partial charge in [0.2, 0.25) is 6.23 Å². The summed E-state index contributed by atoms with van der Waals surface area (Å²) < 4.78 is 6.37. The second-order valence-electron chi connectivity index (χ2n) is 7.07. The zero-order valence-corrected chi connectivity index (χ0v) is 15.7. The standard InChI is InChI=1S/C23H19ClN2O/c1-15-6-8-17(9-7-15)23-26-21(19-4-2-3-5-22(19)27-23)14-20(25-26)16-10-12-18(24)13-11-16/h2-13,21,23H,14H2,1H3/t21-,23+/m1/s1. The highest BCUT2D eigenvalue weighted by molar-refractivity contribution is 6.30. The van der Waals surface area contributed by atoms with Crippen molar-refractivity contribution in [1.29, 1.82) is 0 Å². The van der Waals surface area contributed by atoms with Crippen molar-refractivity contribution in [2.45, 2.75) is 25.6 Å². The molecule has 3 aromatic carbocycles. The van der Waals surface area contributed by atoms with Crippen molar-refractivity contribution < 1.29 is 4.74 Å². The summed E-state index contributed by atoms with van der Waals surface area (Å²) in [4.78, 5) is 0. The quantitative estimate of drug-likeness (QED) is 0.558. The Bertz CT molecular complexity index is 1010. The molecule has 0 bridgehead atoms. The van der Waals surface area contributed by atoms with E-state index in [4.69, 9.17) is 21.4 Å². The van der Waals surface area contributed by atoms with Gasteiger partial charge < -0.3 is 4.74 Å². The zero-order chi connectivity index (χ0) is 18.4. The molecule has 2 aliphatic heterocycles. The van der Waals surface area contributed by atoms with E-state index in [2.05, 4.69) is 48.3 Å². The Labute approximate surface area is 163 Å². The van der Waals surface area contributed by atoms with Gasteiger partial charge in [0.05, 0.1) is 11.8 Å². The van der Waals surface area contributed by atoms with Crippen LogP contribution < -0.4 is 4.74 Å². The van der Waals surface area contributed by atoms with Crippen LogP contribution in [0.4, 0.5) is 0 Å². The maximum absolute atomic E-state index is 6.37. The Balaban J connectivity index is 1.58. The van der Waals surface area contributed by atoms with E-state index in [-0.39, 0.29) is 12.3 Å². The van der Waals surface area contributed by atoms with E-state index in [1.165, 1.54) is 11.1 Å². The molecule has 4 heteroatoms. The Morgan fingerprint density at radius 3 is 2.48 bits per heavy atom. The lowest BCUT2D eigenvalue weighted by atomic mass is 9.96. The molecule has 0 saturated heterocycles. The van der Waals surface area contributed by atoms with Crippen molar-refractivity contribution in [2.24, 2.45) is 5.10 Å². The summed E-state index contributed by atoms with van der Waals surface area (Å²) >= 11 is 6.05. The molecule has 3 aromatic rings. The molecule has 2 aliphatic rings. The van der Waals surface area contributed by atoms with Crippen LogP contribution in [-0.2, 0) is 0 Å². The van der Waals surface area contributed by atoms with Gasteiger partial charge in [-0.2, -0.15) is 5.10 Å². The van der Waals surface area contributed by atoms with E-state index >= 15 is 0 Å². The summed E-state index contributed by atoms with van der Waals surface area (Å²) in [7, 11) is 0. The first kappa shape index (κ1) is 16.4. The van der Waals surface area contributed by atoms with Gasteiger partial charge in [0, 0.05) is 22.6 Å². The molecule has 2 heterocycles. The summed E-state index contributed by atoms with van der Waals surface area (Å²) in [5.41, 5.74) is 5.70. The van der Waals surface area contributed by atoms with E-state index in [9.17, 15) is 0 Å². The van der Waals surface area contributed by atoms with Gasteiger partial charge in [-0.3, -0.25) is 0 Å². The van der Waals surface area contributed by atoms with Crippen molar-refractivity contribution in [3.8, 4) is 5.75 Å². The number of hydrazone groups is 1. The second kappa shape index (κ2) is 6.43. The minimum atomic E-state index is -0.227. The molecule has 0 saturated carbocycles. The molecule has 3 nitrogen and oxygen atoms in total. The van der Waals surface area contributed by atoms with Crippen molar-refractivity contribution in [1.82, 2.24) is 5.01 Å². The van der Waals surface area contributed by atoms with Gasteiger partial charge in [-0.1, -0.05) is 71.8 Å². The number of hydrogen-bond donors (Lipinski definition) is 0. The second-order valence-corrected chi connectivity index (χ2v) is 7.51. The molecular weight excluding hydrogens is 356 g/mol. The van der Waals surface area contributed by atoms with Gasteiger partial charge in [-0.25, -0.2) is 5.01 Å². The lowest BCUT2D eigenvalue weighted by Crippen LogP contribution is -2.33. The zero-order valence-electron chi connectivity index (χ0n) is 15.0. The van der Waals surface area contributed by atoms with Crippen LogP contribution in [-0.4, -0.2) is 10.7 Å². The highest BCUT2D eigenvalue weighted by atomic mass is 35.5. The van der Waals surface area contributed by atoms with Gasteiger partial charge in [-0.15, -0.1) is 0 Å². The average Bonchev–Trinajstić information content (AvgIpc) is 3.14. The molecule has 0 N–H and O–H groups in total. The Hall–Kier alpha value is -2.78. The SMILES string of the molecule is Cc1ccc([C@@H]2Oc3ccccc3[C@H]3CC(c4ccc(Cl)cc4)=NN32)cc1. The summed E-state index contributed by atoms with van der Waals surface area (Å²) in [6.07, 6.45) is 0.625. The summed E-state index contributed by atoms with van der Waals surface area (Å²) in [6.45, 7) is 2.09. The molecule has 5 rings (SSSR count). The van der Waals surface area contributed by atoms with Gasteiger partial charge in [0.25, 0.3) is 0 Å². The number of fused-ring (bicyclic) bond motifs is 3. The largest absolute Gasteiger partial charge is 0.464 e. The number of halogens is 1. The summed E-state index contributed by atoms with van der Waals surface area (Å²) in [5, 5.41) is 7.82. The van der Waals surface area contributed by atoms with Crippen LogP contribution in [0.15, 0.2) is 77.9 Å². The van der Waals surface area contributed by atoms with Crippen molar-refractivity contribution in [3.05, 3.63) is 100 Å². The molecule has 0 aromatic heterocycles. The third-order valence-electron chi connectivity index (χ3n) is 5.24. The molecule has 134 valence electrons. The number of hydrogen-bond acceptors (Lipinski definition) is 3. The Kier molecular flexibility index (Phi) is 3.91. The summed E-state index contributed by atoms with van der Waals surface area (Å²) in [6, 6.07) is 24.8. The first-order chi connectivity index (χ1) is 13.2.